The van der Waals surface area contributed by atoms with E-state index in [0.717, 1.165) is 5.56 Å². The lowest BCUT2D eigenvalue weighted by Crippen LogP contribution is -2.46. The standard InChI is InChI=1S/C18H23NO4/c20-16(9-5-4-8-15-6-2-1-3-7-15)19-14-18(17(21)22)10-12-23-13-11-18/h1-4,6-8H,5,9-14H2,(H,19,20)(H,21,22)/b8-4+. The third-order valence-electron chi connectivity index (χ3n) is 4.18. The lowest BCUT2D eigenvalue weighted by molar-refractivity contribution is -0.154. The number of ether oxygens (including phenoxy) is 1. The number of benzene rings is 1. The van der Waals surface area contributed by atoms with Crippen molar-refractivity contribution in [2.45, 2.75) is 25.7 Å². The molecule has 2 rings (SSSR count). The van der Waals surface area contributed by atoms with Gasteiger partial charge in [-0.3, -0.25) is 9.59 Å². The van der Waals surface area contributed by atoms with Crippen LogP contribution in [0.3, 0.4) is 0 Å². The van der Waals surface area contributed by atoms with Gasteiger partial charge in [0.1, 0.15) is 0 Å². The van der Waals surface area contributed by atoms with Gasteiger partial charge in [0.25, 0.3) is 0 Å². The van der Waals surface area contributed by atoms with E-state index in [1.165, 1.54) is 0 Å². The summed E-state index contributed by atoms with van der Waals surface area (Å²) in [7, 11) is 0. The van der Waals surface area contributed by atoms with Gasteiger partial charge in [-0.25, -0.2) is 0 Å². The van der Waals surface area contributed by atoms with Crippen LogP contribution in [0.2, 0.25) is 0 Å². The quantitative estimate of drug-likeness (QED) is 0.810. The monoisotopic (exact) mass is 317 g/mol. The highest BCUT2D eigenvalue weighted by molar-refractivity contribution is 5.79. The van der Waals surface area contributed by atoms with Gasteiger partial charge in [-0.15, -0.1) is 0 Å². The van der Waals surface area contributed by atoms with E-state index in [1.807, 2.05) is 42.5 Å². The number of carbonyl (C=O) groups excluding carboxylic acids is 1. The predicted octanol–water partition coefficient (Wildman–Crippen LogP) is 2.48. The molecule has 1 aliphatic heterocycles. The fraction of sp³-hybridized carbons (Fsp3) is 0.444. The van der Waals surface area contributed by atoms with E-state index in [9.17, 15) is 14.7 Å². The van der Waals surface area contributed by atoms with Gasteiger partial charge in [-0.1, -0.05) is 42.5 Å². The summed E-state index contributed by atoms with van der Waals surface area (Å²) in [5, 5.41) is 12.2. The zero-order valence-electron chi connectivity index (χ0n) is 13.2. The topological polar surface area (TPSA) is 75.6 Å². The van der Waals surface area contributed by atoms with Crippen molar-refractivity contribution in [3.05, 3.63) is 42.0 Å². The molecule has 0 unspecified atom stereocenters. The second kappa shape index (κ2) is 8.48. The zero-order valence-corrected chi connectivity index (χ0v) is 13.2. The van der Waals surface area contributed by atoms with E-state index >= 15 is 0 Å². The molecule has 2 N–H and O–H groups in total. The molecule has 0 aromatic heterocycles. The third-order valence-corrected chi connectivity index (χ3v) is 4.18. The number of hydrogen-bond acceptors (Lipinski definition) is 3. The fourth-order valence-corrected chi connectivity index (χ4v) is 2.58. The Balaban J connectivity index is 1.74. The molecule has 5 heteroatoms. The van der Waals surface area contributed by atoms with Gasteiger partial charge in [-0.05, 0) is 24.8 Å². The van der Waals surface area contributed by atoms with Crippen LogP contribution in [0, 0.1) is 5.41 Å². The molecule has 0 aliphatic carbocycles. The highest BCUT2D eigenvalue weighted by Crippen LogP contribution is 2.30. The van der Waals surface area contributed by atoms with Crippen LogP contribution in [-0.4, -0.2) is 36.7 Å². The van der Waals surface area contributed by atoms with Crippen LogP contribution in [0.25, 0.3) is 6.08 Å². The molecule has 1 heterocycles. The molecular weight excluding hydrogens is 294 g/mol. The van der Waals surface area contributed by atoms with E-state index in [0.29, 0.717) is 38.9 Å². The highest BCUT2D eigenvalue weighted by Gasteiger charge is 2.40. The molecule has 23 heavy (non-hydrogen) atoms. The molecule has 0 saturated carbocycles. The van der Waals surface area contributed by atoms with E-state index < -0.39 is 11.4 Å². The van der Waals surface area contributed by atoms with Crippen LogP contribution in [0.4, 0.5) is 0 Å². The second-order valence-electron chi connectivity index (χ2n) is 5.83. The third kappa shape index (κ3) is 5.21. The number of aliphatic carboxylic acids is 1. The summed E-state index contributed by atoms with van der Waals surface area (Å²) >= 11 is 0. The summed E-state index contributed by atoms with van der Waals surface area (Å²) in [6.45, 7) is 1.04. The van der Waals surface area contributed by atoms with Gasteiger partial charge in [0.15, 0.2) is 0 Å². The zero-order chi connectivity index (χ0) is 16.5. The number of nitrogens with one attached hydrogen (secondary N) is 1. The van der Waals surface area contributed by atoms with Crippen molar-refractivity contribution in [3.8, 4) is 0 Å². The Morgan fingerprint density at radius 2 is 1.91 bits per heavy atom. The SMILES string of the molecule is O=C(CC/C=C/c1ccccc1)NCC1(C(=O)O)CCOCC1. The first-order valence-corrected chi connectivity index (χ1v) is 7.92. The van der Waals surface area contributed by atoms with Crippen molar-refractivity contribution in [1.29, 1.82) is 0 Å². The average molecular weight is 317 g/mol. The lowest BCUT2D eigenvalue weighted by Gasteiger charge is -2.33. The van der Waals surface area contributed by atoms with E-state index in [4.69, 9.17) is 4.74 Å². The summed E-state index contributed by atoms with van der Waals surface area (Å²) in [6.07, 6.45) is 5.80. The Morgan fingerprint density at radius 3 is 2.57 bits per heavy atom. The highest BCUT2D eigenvalue weighted by atomic mass is 16.5. The molecule has 1 aromatic rings. The number of carboxylic acid groups (broad SMARTS) is 1. The maximum atomic E-state index is 11.9. The molecule has 1 aliphatic rings. The summed E-state index contributed by atoms with van der Waals surface area (Å²) in [5.74, 6) is -0.972. The molecule has 0 spiro atoms. The Kier molecular flexibility index (Phi) is 6.35. The Morgan fingerprint density at radius 1 is 1.22 bits per heavy atom. The van der Waals surface area contributed by atoms with Crippen molar-refractivity contribution in [3.63, 3.8) is 0 Å². The summed E-state index contributed by atoms with van der Waals surface area (Å²) in [5.41, 5.74) is 0.216. The summed E-state index contributed by atoms with van der Waals surface area (Å²) in [4.78, 5) is 23.4. The van der Waals surface area contributed by atoms with Crippen LogP contribution in [0.1, 0.15) is 31.2 Å². The molecule has 0 atom stereocenters. The number of hydrogen-bond donors (Lipinski definition) is 2. The molecule has 124 valence electrons. The fourth-order valence-electron chi connectivity index (χ4n) is 2.58. The summed E-state index contributed by atoms with van der Waals surface area (Å²) in [6, 6.07) is 9.88. The molecule has 1 fully saturated rings. The van der Waals surface area contributed by atoms with E-state index in [2.05, 4.69) is 5.32 Å². The Bertz CT molecular complexity index is 547. The second-order valence-corrected chi connectivity index (χ2v) is 5.83. The molecule has 1 amide bonds. The van der Waals surface area contributed by atoms with Gasteiger partial charge >= 0.3 is 5.97 Å². The normalized spacial score (nSPS) is 17.0. The van der Waals surface area contributed by atoms with Gasteiger partial charge in [0.05, 0.1) is 5.41 Å². The number of carboxylic acids is 1. The lowest BCUT2D eigenvalue weighted by atomic mass is 9.80. The summed E-state index contributed by atoms with van der Waals surface area (Å²) < 4.78 is 5.22. The molecule has 1 aromatic carbocycles. The first kappa shape index (κ1) is 17.2. The van der Waals surface area contributed by atoms with Crippen LogP contribution < -0.4 is 5.32 Å². The van der Waals surface area contributed by atoms with Crippen LogP contribution >= 0.6 is 0 Å². The molecule has 1 saturated heterocycles. The molecule has 5 nitrogen and oxygen atoms in total. The van der Waals surface area contributed by atoms with Gasteiger partial charge in [0.2, 0.25) is 5.91 Å². The van der Waals surface area contributed by atoms with Crippen LogP contribution in [-0.2, 0) is 14.3 Å². The maximum absolute atomic E-state index is 11.9. The number of carbonyl (C=O) groups is 2. The Labute approximate surface area is 136 Å². The number of amides is 1. The van der Waals surface area contributed by atoms with Crippen LogP contribution in [0.15, 0.2) is 36.4 Å². The first-order valence-electron chi connectivity index (χ1n) is 7.92. The van der Waals surface area contributed by atoms with Crippen molar-refractivity contribution < 1.29 is 19.4 Å². The minimum Gasteiger partial charge on any atom is -0.481 e. The smallest absolute Gasteiger partial charge is 0.311 e. The van der Waals surface area contributed by atoms with Crippen molar-refractivity contribution in [2.24, 2.45) is 5.41 Å². The predicted molar refractivity (Wildman–Crippen MR) is 87.8 cm³/mol. The maximum Gasteiger partial charge on any atom is 0.311 e. The van der Waals surface area contributed by atoms with Gasteiger partial charge in [-0.2, -0.15) is 0 Å². The van der Waals surface area contributed by atoms with Crippen molar-refractivity contribution in [1.82, 2.24) is 5.32 Å². The first-order chi connectivity index (χ1) is 11.1. The average Bonchev–Trinajstić information content (AvgIpc) is 2.58. The molecule has 0 radical (unpaired) electrons. The number of allylic oxidation sites excluding steroid dienone is 1. The van der Waals surface area contributed by atoms with Crippen molar-refractivity contribution in [2.75, 3.05) is 19.8 Å². The Hall–Kier alpha value is -2.14. The van der Waals surface area contributed by atoms with E-state index in [-0.39, 0.29) is 12.5 Å². The van der Waals surface area contributed by atoms with E-state index in [1.54, 1.807) is 0 Å². The minimum absolute atomic E-state index is 0.116. The van der Waals surface area contributed by atoms with Gasteiger partial charge < -0.3 is 15.2 Å². The largest absolute Gasteiger partial charge is 0.481 e. The number of rotatable bonds is 7. The minimum atomic E-state index is -0.881. The molecule has 0 bridgehead atoms. The molecular formula is C18H23NO4. The van der Waals surface area contributed by atoms with Gasteiger partial charge in [0, 0.05) is 26.2 Å². The van der Waals surface area contributed by atoms with Crippen molar-refractivity contribution >= 4 is 18.0 Å². The van der Waals surface area contributed by atoms with Crippen LogP contribution in [0.5, 0.6) is 0 Å².